The molecule has 0 aliphatic carbocycles. The lowest BCUT2D eigenvalue weighted by Crippen LogP contribution is -2.03. The quantitative estimate of drug-likeness (QED) is 0.913. The first-order valence-electron chi connectivity index (χ1n) is 6.58. The second-order valence-electron chi connectivity index (χ2n) is 4.36. The van der Waals surface area contributed by atoms with Crippen LogP contribution in [-0.2, 0) is 6.42 Å². The van der Waals surface area contributed by atoms with E-state index in [2.05, 4.69) is 15.3 Å². The van der Waals surface area contributed by atoms with Crippen molar-refractivity contribution in [2.75, 3.05) is 12.4 Å². The van der Waals surface area contributed by atoms with E-state index in [0.29, 0.717) is 17.4 Å². The van der Waals surface area contributed by atoms with Gasteiger partial charge in [-0.3, -0.25) is 0 Å². The van der Waals surface area contributed by atoms with Gasteiger partial charge in [-0.05, 0) is 18.6 Å². The molecule has 21 heavy (non-hydrogen) atoms. The molecule has 0 spiro atoms. The Morgan fingerprint density at radius 3 is 2.81 bits per heavy atom. The number of nitrogens with one attached hydrogen (secondary N) is 1. The molecule has 0 unspecified atom stereocenters. The minimum Gasteiger partial charge on any atom is -0.438 e. The van der Waals surface area contributed by atoms with Gasteiger partial charge >= 0.3 is 0 Å². The van der Waals surface area contributed by atoms with Crippen LogP contribution in [0.3, 0.4) is 0 Å². The van der Waals surface area contributed by atoms with Crippen molar-refractivity contribution in [1.29, 1.82) is 5.26 Å². The smallest absolute Gasteiger partial charge is 0.227 e. The van der Waals surface area contributed by atoms with Gasteiger partial charge in [-0.15, -0.1) is 0 Å². The normalized spacial score (nSPS) is 10.0. The predicted molar refractivity (Wildman–Crippen MR) is 76.8 cm³/mol. The zero-order chi connectivity index (χ0) is 15.2. The number of hydrogen-bond donors (Lipinski definition) is 1. The summed E-state index contributed by atoms with van der Waals surface area (Å²) in [6, 6.07) is 5.87. The summed E-state index contributed by atoms with van der Waals surface area (Å²) in [6.07, 6.45) is 3.03. The molecule has 1 heterocycles. The summed E-state index contributed by atoms with van der Waals surface area (Å²) >= 11 is 0. The minimum atomic E-state index is -0.616. The third kappa shape index (κ3) is 3.26. The van der Waals surface area contributed by atoms with Crippen LogP contribution in [0, 0.1) is 17.1 Å². The first-order chi connectivity index (χ1) is 10.2. The van der Waals surface area contributed by atoms with Crippen LogP contribution in [0.2, 0.25) is 0 Å². The van der Waals surface area contributed by atoms with E-state index in [1.54, 1.807) is 19.2 Å². The lowest BCUT2D eigenvalue weighted by atomic mass is 10.1. The summed E-state index contributed by atoms with van der Waals surface area (Å²) in [4.78, 5) is 8.26. The number of anilines is 1. The van der Waals surface area contributed by atoms with Gasteiger partial charge in [-0.1, -0.05) is 13.3 Å². The summed E-state index contributed by atoms with van der Waals surface area (Å²) < 4.78 is 19.2. The standard InChI is InChI=1S/C15H15FN4O/c1-3-4-12-14(18-2)19-9-20-15(12)21-11-6-5-10(8-17)13(16)7-11/h5-7,9H,3-4H2,1-2H3,(H,18,19,20). The van der Waals surface area contributed by atoms with E-state index in [9.17, 15) is 4.39 Å². The third-order valence-electron chi connectivity index (χ3n) is 2.92. The van der Waals surface area contributed by atoms with E-state index in [4.69, 9.17) is 10.00 Å². The Labute approximate surface area is 122 Å². The maximum absolute atomic E-state index is 13.6. The van der Waals surface area contributed by atoms with Crippen molar-refractivity contribution in [2.24, 2.45) is 0 Å². The van der Waals surface area contributed by atoms with Gasteiger partial charge in [0.2, 0.25) is 5.88 Å². The van der Waals surface area contributed by atoms with Crippen LogP contribution in [0.4, 0.5) is 10.2 Å². The Bertz CT molecular complexity index is 682. The molecule has 5 nitrogen and oxygen atoms in total. The highest BCUT2D eigenvalue weighted by atomic mass is 19.1. The number of nitrogens with zero attached hydrogens (tertiary/aromatic N) is 3. The fraction of sp³-hybridized carbons (Fsp3) is 0.267. The number of halogens is 1. The van der Waals surface area contributed by atoms with E-state index < -0.39 is 5.82 Å². The number of ether oxygens (including phenoxy) is 1. The van der Waals surface area contributed by atoms with Crippen molar-refractivity contribution in [2.45, 2.75) is 19.8 Å². The second-order valence-corrected chi connectivity index (χ2v) is 4.36. The van der Waals surface area contributed by atoms with Gasteiger partial charge in [-0.2, -0.15) is 5.26 Å². The van der Waals surface area contributed by atoms with Crippen molar-refractivity contribution < 1.29 is 9.13 Å². The van der Waals surface area contributed by atoms with Crippen LogP contribution in [0.5, 0.6) is 11.6 Å². The van der Waals surface area contributed by atoms with Gasteiger partial charge in [0, 0.05) is 13.1 Å². The molecular formula is C15H15FN4O. The highest BCUT2D eigenvalue weighted by Crippen LogP contribution is 2.28. The van der Waals surface area contributed by atoms with Gasteiger partial charge < -0.3 is 10.1 Å². The molecule has 2 rings (SSSR count). The molecule has 0 fully saturated rings. The molecule has 0 saturated heterocycles. The van der Waals surface area contributed by atoms with Crippen molar-refractivity contribution >= 4 is 5.82 Å². The summed E-state index contributed by atoms with van der Waals surface area (Å²) in [5.41, 5.74) is 0.821. The Kier molecular flexibility index (Phi) is 4.67. The molecule has 1 aromatic carbocycles. The molecule has 6 heteroatoms. The van der Waals surface area contributed by atoms with Gasteiger partial charge in [0.05, 0.1) is 11.1 Å². The molecule has 0 atom stereocenters. The summed E-state index contributed by atoms with van der Waals surface area (Å²) in [6.45, 7) is 2.04. The molecule has 1 N–H and O–H groups in total. The van der Waals surface area contributed by atoms with Crippen LogP contribution in [0.1, 0.15) is 24.5 Å². The third-order valence-corrected chi connectivity index (χ3v) is 2.92. The Morgan fingerprint density at radius 1 is 1.38 bits per heavy atom. The van der Waals surface area contributed by atoms with Crippen LogP contribution < -0.4 is 10.1 Å². The topological polar surface area (TPSA) is 70.8 Å². The molecule has 108 valence electrons. The monoisotopic (exact) mass is 286 g/mol. The fourth-order valence-corrected chi connectivity index (χ4v) is 1.94. The van der Waals surface area contributed by atoms with Gasteiger partial charge in [0.25, 0.3) is 0 Å². The number of rotatable bonds is 5. The molecule has 0 saturated carbocycles. The summed E-state index contributed by atoms with van der Waals surface area (Å²) in [7, 11) is 1.77. The van der Waals surface area contributed by atoms with Crippen LogP contribution in [0.25, 0.3) is 0 Å². The lowest BCUT2D eigenvalue weighted by Gasteiger charge is -2.12. The molecule has 2 aromatic rings. The molecule has 0 radical (unpaired) electrons. The number of aromatic nitrogens is 2. The zero-order valence-corrected chi connectivity index (χ0v) is 11.9. The van der Waals surface area contributed by atoms with Gasteiger partial charge in [0.15, 0.2) is 0 Å². The van der Waals surface area contributed by atoms with E-state index in [1.807, 2.05) is 6.92 Å². The predicted octanol–water partition coefficient (Wildman–Crippen LogP) is 3.27. The van der Waals surface area contributed by atoms with E-state index >= 15 is 0 Å². The maximum atomic E-state index is 13.6. The van der Waals surface area contributed by atoms with Crippen LogP contribution in [0.15, 0.2) is 24.5 Å². The van der Waals surface area contributed by atoms with Gasteiger partial charge in [-0.25, -0.2) is 14.4 Å². The Morgan fingerprint density at radius 2 is 2.19 bits per heavy atom. The average Bonchev–Trinajstić information content (AvgIpc) is 2.49. The summed E-state index contributed by atoms with van der Waals surface area (Å²) in [5.74, 6) is 0.760. The maximum Gasteiger partial charge on any atom is 0.227 e. The van der Waals surface area contributed by atoms with Crippen molar-refractivity contribution in [1.82, 2.24) is 9.97 Å². The number of benzene rings is 1. The van der Waals surface area contributed by atoms with Crippen LogP contribution in [-0.4, -0.2) is 17.0 Å². The van der Waals surface area contributed by atoms with E-state index in [-0.39, 0.29) is 5.56 Å². The Hall–Kier alpha value is -2.68. The van der Waals surface area contributed by atoms with E-state index in [0.717, 1.165) is 18.4 Å². The summed E-state index contributed by atoms with van der Waals surface area (Å²) in [5, 5.41) is 11.7. The fourth-order valence-electron chi connectivity index (χ4n) is 1.94. The molecular weight excluding hydrogens is 271 g/mol. The SMILES string of the molecule is CCCc1c(NC)ncnc1Oc1ccc(C#N)c(F)c1. The second kappa shape index (κ2) is 6.66. The van der Waals surface area contributed by atoms with Gasteiger partial charge in [0.1, 0.15) is 29.8 Å². The largest absolute Gasteiger partial charge is 0.438 e. The molecule has 0 amide bonds. The Balaban J connectivity index is 2.35. The number of nitriles is 1. The first-order valence-corrected chi connectivity index (χ1v) is 6.58. The number of hydrogen-bond acceptors (Lipinski definition) is 5. The molecule has 0 aliphatic rings. The van der Waals surface area contributed by atoms with Crippen molar-refractivity contribution in [3.8, 4) is 17.7 Å². The molecule has 1 aromatic heterocycles. The van der Waals surface area contributed by atoms with Crippen molar-refractivity contribution in [3.63, 3.8) is 0 Å². The average molecular weight is 286 g/mol. The first kappa shape index (κ1) is 14.7. The molecule has 0 bridgehead atoms. The van der Waals surface area contributed by atoms with Crippen LogP contribution >= 0.6 is 0 Å². The lowest BCUT2D eigenvalue weighted by molar-refractivity contribution is 0.450. The zero-order valence-electron chi connectivity index (χ0n) is 11.9. The molecule has 0 aliphatic heterocycles. The highest BCUT2D eigenvalue weighted by Gasteiger charge is 2.13. The van der Waals surface area contributed by atoms with E-state index in [1.165, 1.54) is 18.5 Å². The minimum absolute atomic E-state index is 0.0188. The highest BCUT2D eigenvalue weighted by molar-refractivity contribution is 5.49. The van der Waals surface area contributed by atoms with Crippen molar-refractivity contribution in [3.05, 3.63) is 41.5 Å².